The van der Waals surface area contributed by atoms with E-state index >= 15 is 0 Å². The Morgan fingerprint density at radius 1 is 1.35 bits per heavy atom. The fraction of sp³-hybridized carbons (Fsp3) is 0.385. The lowest BCUT2D eigenvalue weighted by Crippen LogP contribution is -2.43. The second-order valence-electron chi connectivity index (χ2n) is 4.58. The number of amides is 1. The van der Waals surface area contributed by atoms with Gasteiger partial charge >= 0.3 is 0 Å². The van der Waals surface area contributed by atoms with Gasteiger partial charge in [-0.05, 0) is 12.1 Å². The minimum absolute atomic E-state index is 0.0603. The third-order valence-electron chi connectivity index (χ3n) is 3.32. The summed E-state index contributed by atoms with van der Waals surface area (Å²) in [6, 6.07) is 3.46. The van der Waals surface area contributed by atoms with Crippen LogP contribution < -0.4 is 5.56 Å². The van der Waals surface area contributed by atoms with Gasteiger partial charge in [-0.2, -0.15) is 0 Å². The van der Waals surface area contributed by atoms with Crippen LogP contribution in [0.1, 0.15) is 10.5 Å². The summed E-state index contributed by atoms with van der Waals surface area (Å²) in [6.07, 6.45) is 1.59. The predicted octanol–water partition coefficient (Wildman–Crippen LogP) is -0.199. The highest BCUT2D eigenvalue weighted by Crippen LogP contribution is 2.08. The molecule has 0 unspecified atom stereocenters. The molecule has 1 aliphatic rings. The Kier molecular flexibility index (Phi) is 3.19. The highest BCUT2D eigenvalue weighted by Gasteiger charge is 2.23. The molecule has 2 aromatic heterocycles. The zero-order valence-corrected chi connectivity index (χ0v) is 11.1. The van der Waals surface area contributed by atoms with Crippen molar-refractivity contribution in [3.8, 4) is 0 Å². The van der Waals surface area contributed by atoms with Gasteiger partial charge in [0.25, 0.3) is 11.5 Å². The summed E-state index contributed by atoms with van der Waals surface area (Å²) >= 11 is 0. The number of carbonyl (C=O) groups excluding carboxylic acids is 1. The molecule has 0 atom stereocenters. The first-order valence-electron chi connectivity index (χ1n) is 6.37. The third kappa shape index (κ3) is 2.05. The highest BCUT2D eigenvalue weighted by molar-refractivity contribution is 5.93. The number of hydrogen-bond acceptors (Lipinski definition) is 5. The van der Waals surface area contributed by atoms with Gasteiger partial charge in [-0.1, -0.05) is 0 Å². The molecule has 2 aromatic rings. The summed E-state index contributed by atoms with van der Waals surface area (Å²) in [5.74, 6) is -0.348. The molecule has 1 amide bonds. The number of carbonyl (C=O) groups is 1. The number of nitrogens with zero attached hydrogens (tertiary/aromatic N) is 4. The number of aryl methyl sites for hydroxylation is 1. The molecular formula is C13H14N4O3. The molecule has 1 aliphatic heterocycles. The van der Waals surface area contributed by atoms with Crippen LogP contribution in [0.3, 0.4) is 0 Å². The van der Waals surface area contributed by atoms with Crippen LogP contribution in [-0.2, 0) is 11.8 Å². The Morgan fingerprint density at radius 2 is 2.10 bits per heavy atom. The van der Waals surface area contributed by atoms with E-state index in [9.17, 15) is 9.59 Å². The predicted molar refractivity (Wildman–Crippen MR) is 71.5 cm³/mol. The lowest BCUT2D eigenvalue weighted by atomic mass is 10.3. The van der Waals surface area contributed by atoms with Gasteiger partial charge in [0.1, 0.15) is 5.52 Å². The molecule has 3 rings (SSSR count). The largest absolute Gasteiger partial charge is 0.378 e. The molecule has 0 aromatic carbocycles. The van der Waals surface area contributed by atoms with Gasteiger partial charge in [-0.3, -0.25) is 14.2 Å². The van der Waals surface area contributed by atoms with Crippen molar-refractivity contribution in [1.82, 2.24) is 19.4 Å². The summed E-state index contributed by atoms with van der Waals surface area (Å²) in [5, 5.41) is 0. The lowest BCUT2D eigenvalue weighted by Gasteiger charge is -2.26. The number of ether oxygens (including phenoxy) is 1. The standard InChI is InChI=1S/C13H14N4O3/c1-16-11-9(3-2-4-14-11)15-10(12(16)18)13(19)17-5-7-20-8-6-17/h2-4H,5-8H2,1H3. The van der Waals surface area contributed by atoms with Crippen molar-refractivity contribution in [2.75, 3.05) is 26.3 Å². The zero-order chi connectivity index (χ0) is 14.1. The second kappa shape index (κ2) is 5.01. The van der Waals surface area contributed by atoms with Crippen molar-refractivity contribution >= 4 is 17.1 Å². The number of hydrogen-bond donors (Lipinski definition) is 0. The summed E-state index contributed by atoms with van der Waals surface area (Å²) in [4.78, 5) is 34.5. The molecule has 1 fully saturated rings. The van der Waals surface area contributed by atoms with E-state index in [1.54, 1.807) is 30.3 Å². The maximum atomic E-state index is 12.4. The minimum atomic E-state index is -0.423. The van der Waals surface area contributed by atoms with Crippen molar-refractivity contribution in [2.45, 2.75) is 0 Å². The Labute approximate surface area is 114 Å². The van der Waals surface area contributed by atoms with Crippen LogP contribution >= 0.6 is 0 Å². The van der Waals surface area contributed by atoms with Crippen molar-refractivity contribution in [3.63, 3.8) is 0 Å². The van der Waals surface area contributed by atoms with E-state index in [2.05, 4.69) is 9.97 Å². The molecule has 0 saturated carbocycles. The summed E-state index contributed by atoms with van der Waals surface area (Å²) in [5.41, 5.74) is 0.518. The van der Waals surface area contributed by atoms with Gasteiger partial charge in [0.05, 0.1) is 13.2 Å². The van der Waals surface area contributed by atoms with Crippen molar-refractivity contribution in [3.05, 3.63) is 34.4 Å². The monoisotopic (exact) mass is 274 g/mol. The molecule has 0 radical (unpaired) electrons. The van der Waals surface area contributed by atoms with Crippen molar-refractivity contribution in [2.24, 2.45) is 7.05 Å². The number of aromatic nitrogens is 3. The fourth-order valence-corrected chi connectivity index (χ4v) is 2.21. The van der Waals surface area contributed by atoms with Crippen LogP contribution in [0.5, 0.6) is 0 Å². The molecule has 0 aliphatic carbocycles. The quantitative estimate of drug-likeness (QED) is 0.719. The average molecular weight is 274 g/mol. The van der Waals surface area contributed by atoms with E-state index in [4.69, 9.17) is 4.74 Å². The van der Waals surface area contributed by atoms with Crippen molar-refractivity contribution in [1.29, 1.82) is 0 Å². The maximum absolute atomic E-state index is 12.4. The van der Waals surface area contributed by atoms with E-state index in [0.717, 1.165) is 0 Å². The molecule has 1 saturated heterocycles. The molecular weight excluding hydrogens is 260 g/mol. The van der Waals surface area contributed by atoms with Crippen LogP contribution in [-0.4, -0.2) is 51.6 Å². The third-order valence-corrected chi connectivity index (χ3v) is 3.32. The van der Waals surface area contributed by atoms with Crippen LogP contribution in [0.15, 0.2) is 23.1 Å². The van der Waals surface area contributed by atoms with E-state index in [-0.39, 0.29) is 11.6 Å². The first kappa shape index (κ1) is 12.7. The molecule has 3 heterocycles. The Bertz CT molecular complexity index is 719. The Morgan fingerprint density at radius 3 is 2.85 bits per heavy atom. The first-order valence-corrected chi connectivity index (χ1v) is 6.37. The number of fused-ring (bicyclic) bond motifs is 1. The highest BCUT2D eigenvalue weighted by atomic mass is 16.5. The van der Waals surface area contributed by atoms with Crippen molar-refractivity contribution < 1.29 is 9.53 Å². The molecule has 7 heteroatoms. The molecule has 0 bridgehead atoms. The smallest absolute Gasteiger partial charge is 0.283 e. The second-order valence-corrected chi connectivity index (χ2v) is 4.58. The summed E-state index contributed by atoms with van der Waals surface area (Å²) in [7, 11) is 1.59. The number of morpholine rings is 1. The first-order chi connectivity index (χ1) is 9.68. The summed E-state index contributed by atoms with van der Waals surface area (Å²) in [6.45, 7) is 1.94. The van der Waals surface area contributed by atoms with E-state index in [1.165, 1.54) is 4.57 Å². The molecule has 0 spiro atoms. The van der Waals surface area contributed by atoms with E-state index in [0.29, 0.717) is 37.5 Å². The van der Waals surface area contributed by atoms with Gasteiger partial charge in [0.2, 0.25) is 0 Å². The Balaban J connectivity index is 2.09. The van der Waals surface area contributed by atoms with E-state index in [1.807, 2.05) is 0 Å². The van der Waals surface area contributed by atoms with Gasteiger partial charge < -0.3 is 9.64 Å². The maximum Gasteiger partial charge on any atom is 0.283 e. The molecule has 104 valence electrons. The van der Waals surface area contributed by atoms with Gasteiger partial charge in [0, 0.05) is 26.3 Å². The summed E-state index contributed by atoms with van der Waals surface area (Å²) < 4.78 is 6.56. The van der Waals surface area contributed by atoms with E-state index < -0.39 is 5.56 Å². The normalized spacial score (nSPS) is 15.6. The molecule has 0 N–H and O–H groups in total. The van der Waals surface area contributed by atoms with Gasteiger partial charge in [0.15, 0.2) is 11.3 Å². The van der Waals surface area contributed by atoms with Crippen LogP contribution in [0.25, 0.3) is 11.2 Å². The minimum Gasteiger partial charge on any atom is -0.378 e. The number of pyridine rings is 1. The topological polar surface area (TPSA) is 77.3 Å². The molecule has 20 heavy (non-hydrogen) atoms. The fourth-order valence-electron chi connectivity index (χ4n) is 2.21. The lowest BCUT2D eigenvalue weighted by molar-refractivity contribution is 0.0297. The van der Waals surface area contributed by atoms with Crippen LogP contribution in [0, 0.1) is 0 Å². The molecule has 7 nitrogen and oxygen atoms in total. The van der Waals surface area contributed by atoms with Crippen LogP contribution in [0.2, 0.25) is 0 Å². The number of rotatable bonds is 1. The van der Waals surface area contributed by atoms with Gasteiger partial charge in [-0.25, -0.2) is 9.97 Å². The van der Waals surface area contributed by atoms with Crippen LogP contribution in [0.4, 0.5) is 0 Å². The SMILES string of the molecule is Cn1c(=O)c(C(=O)N2CCOCC2)nc2cccnc21. The Hall–Kier alpha value is -2.28. The average Bonchev–Trinajstić information content (AvgIpc) is 2.51. The van der Waals surface area contributed by atoms with Gasteiger partial charge in [-0.15, -0.1) is 0 Å². The zero-order valence-electron chi connectivity index (χ0n) is 11.1.